The SMILES string of the molecule is COC(=O)c1cnc(NCc2ccco2)s1. The fraction of sp³-hybridized carbons (Fsp3) is 0.200. The highest BCUT2D eigenvalue weighted by Gasteiger charge is 2.10. The van der Waals surface area contributed by atoms with E-state index in [1.165, 1.54) is 24.6 Å². The number of thiazole rings is 1. The number of esters is 1. The van der Waals surface area contributed by atoms with E-state index in [9.17, 15) is 4.79 Å². The summed E-state index contributed by atoms with van der Waals surface area (Å²) < 4.78 is 9.74. The summed E-state index contributed by atoms with van der Waals surface area (Å²) in [6.07, 6.45) is 3.10. The molecule has 0 bridgehead atoms. The molecule has 2 aromatic heterocycles. The van der Waals surface area contributed by atoms with E-state index in [0.29, 0.717) is 16.6 Å². The van der Waals surface area contributed by atoms with E-state index in [2.05, 4.69) is 15.0 Å². The van der Waals surface area contributed by atoms with Gasteiger partial charge in [0.2, 0.25) is 0 Å². The number of aromatic nitrogens is 1. The van der Waals surface area contributed by atoms with Crippen LogP contribution in [-0.4, -0.2) is 18.1 Å². The standard InChI is InChI=1S/C10H10N2O3S/c1-14-9(13)8-6-12-10(16-8)11-5-7-3-2-4-15-7/h2-4,6H,5H2,1H3,(H,11,12). The summed E-state index contributed by atoms with van der Waals surface area (Å²) in [4.78, 5) is 15.7. The molecule has 0 aliphatic heterocycles. The van der Waals surface area contributed by atoms with Crippen LogP contribution in [0.5, 0.6) is 0 Å². The van der Waals surface area contributed by atoms with Gasteiger partial charge in [0, 0.05) is 0 Å². The first-order valence-electron chi connectivity index (χ1n) is 4.60. The van der Waals surface area contributed by atoms with Gasteiger partial charge in [-0.1, -0.05) is 11.3 Å². The van der Waals surface area contributed by atoms with Crippen molar-refractivity contribution in [2.24, 2.45) is 0 Å². The van der Waals surface area contributed by atoms with E-state index in [-0.39, 0.29) is 5.97 Å². The Morgan fingerprint density at radius 3 is 3.25 bits per heavy atom. The first kappa shape index (κ1) is 10.7. The van der Waals surface area contributed by atoms with Crippen molar-refractivity contribution < 1.29 is 13.9 Å². The molecule has 0 atom stereocenters. The Bertz CT molecular complexity index is 464. The van der Waals surface area contributed by atoms with Crippen LogP contribution in [0.25, 0.3) is 0 Å². The van der Waals surface area contributed by atoms with E-state index in [0.717, 1.165) is 5.76 Å². The Morgan fingerprint density at radius 2 is 2.56 bits per heavy atom. The van der Waals surface area contributed by atoms with Gasteiger partial charge in [-0.25, -0.2) is 9.78 Å². The highest BCUT2D eigenvalue weighted by molar-refractivity contribution is 7.17. The number of carbonyl (C=O) groups excluding carboxylic acids is 1. The third kappa shape index (κ3) is 2.40. The van der Waals surface area contributed by atoms with E-state index in [1.54, 1.807) is 6.26 Å². The van der Waals surface area contributed by atoms with Crippen LogP contribution < -0.4 is 5.32 Å². The third-order valence-electron chi connectivity index (χ3n) is 1.89. The number of ether oxygens (including phenoxy) is 1. The van der Waals surface area contributed by atoms with Gasteiger partial charge in [-0.3, -0.25) is 0 Å². The number of nitrogens with one attached hydrogen (secondary N) is 1. The Labute approximate surface area is 96.1 Å². The second-order valence-electron chi connectivity index (χ2n) is 2.95. The van der Waals surface area contributed by atoms with Gasteiger partial charge in [0.25, 0.3) is 0 Å². The molecule has 0 aliphatic carbocycles. The number of nitrogens with zero attached hydrogens (tertiary/aromatic N) is 1. The van der Waals surface area contributed by atoms with Crippen molar-refractivity contribution in [3.63, 3.8) is 0 Å². The lowest BCUT2D eigenvalue weighted by atomic mass is 10.4. The zero-order chi connectivity index (χ0) is 11.4. The highest BCUT2D eigenvalue weighted by atomic mass is 32.1. The van der Waals surface area contributed by atoms with Crippen molar-refractivity contribution in [3.05, 3.63) is 35.2 Å². The first-order valence-corrected chi connectivity index (χ1v) is 5.41. The quantitative estimate of drug-likeness (QED) is 0.827. The van der Waals surface area contributed by atoms with Crippen molar-refractivity contribution in [3.8, 4) is 0 Å². The minimum absolute atomic E-state index is 0.372. The predicted octanol–water partition coefficient (Wildman–Crippen LogP) is 2.13. The van der Waals surface area contributed by atoms with Gasteiger partial charge in [0.1, 0.15) is 10.6 Å². The molecule has 0 saturated heterocycles. The average molecular weight is 238 g/mol. The molecule has 0 spiro atoms. The van der Waals surface area contributed by atoms with Crippen molar-refractivity contribution in [2.75, 3.05) is 12.4 Å². The Hall–Kier alpha value is -1.82. The number of hydrogen-bond acceptors (Lipinski definition) is 6. The smallest absolute Gasteiger partial charge is 0.349 e. The van der Waals surface area contributed by atoms with Crippen LogP contribution in [0, 0.1) is 0 Å². The number of furan rings is 1. The number of methoxy groups -OCH3 is 1. The Balaban J connectivity index is 1.95. The topological polar surface area (TPSA) is 64.4 Å². The van der Waals surface area contributed by atoms with Crippen molar-refractivity contribution in [2.45, 2.75) is 6.54 Å². The summed E-state index contributed by atoms with van der Waals surface area (Å²) in [6, 6.07) is 3.68. The molecule has 84 valence electrons. The maximum absolute atomic E-state index is 11.2. The van der Waals surface area contributed by atoms with Gasteiger partial charge in [0.05, 0.1) is 26.1 Å². The summed E-state index contributed by atoms with van der Waals surface area (Å²) in [7, 11) is 1.35. The summed E-state index contributed by atoms with van der Waals surface area (Å²) in [5.41, 5.74) is 0. The molecule has 0 fully saturated rings. The second kappa shape index (κ2) is 4.80. The zero-order valence-electron chi connectivity index (χ0n) is 8.60. The maximum Gasteiger partial charge on any atom is 0.349 e. The predicted molar refractivity (Wildman–Crippen MR) is 59.5 cm³/mol. The molecule has 2 aromatic rings. The van der Waals surface area contributed by atoms with Crippen molar-refractivity contribution in [1.82, 2.24) is 4.98 Å². The van der Waals surface area contributed by atoms with Crippen LogP contribution in [0.3, 0.4) is 0 Å². The normalized spacial score (nSPS) is 10.1. The molecular formula is C10H10N2O3S. The molecule has 2 heterocycles. The summed E-state index contributed by atoms with van der Waals surface area (Å²) >= 11 is 1.25. The Kier molecular flexibility index (Phi) is 3.21. The fourth-order valence-corrected chi connectivity index (χ4v) is 1.86. The highest BCUT2D eigenvalue weighted by Crippen LogP contribution is 2.19. The molecule has 0 radical (unpaired) electrons. The summed E-state index contributed by atoms with van der Waals surface area (Å²) in [6.45, 7) is 0.543. The number of hydrogen-bond donors (Lipinski definition) is 1. The van der Waals surface area contributed by atoms with Crippen LogP contribution in [0.2, 0.25) is 0 Å². The molecule has 5 nitrogen and oxygen atoms in total. The van der Waals surface area contributed by atoms with Crippen LogP contribution in [0.1, 0.15) is 15.4 Å². The van der Waals surface area contributed by atoms with Crippen LogP contribution >= 0.6 is 11.3 Å². The largest absolute Gasteiger partial charge is 0.467 e. The molecule has 1 N–H and O–H groups in total. The number of anilines is 1. The van der Waals surface area contributed by atoms with Gasteiger partial charge in [-0.2, -0.15) is 0 Å². The van der Waals surface area contributed by atoms with Gasteiger partial charge in [-0.15, -0.1) is 0 Å². The zero-order valence-corrected chi connectivity index (χ0v) is 9.41. The van der Waals surface area contributed by atoms with E-state index >= 15 is 0 Å². The lowest BCUT2D eigenvalue weighted by molar-refractivity contribution is 0.0606. The minimum atomic E-state index is -0.372. The lowest BCUT2D eigenvalue weighted by Crippen LogP contribution is -1.97. The number of rotatable bonds is 4. The monoisotopic (exact) mass is 238 g/mol. The molecule has 0 amide bonds. The van der Waals surface area contributed by atoms with Crippen LogP contribution in [0.15, 0.2) is 29.0 Å². The Morgan fingerprint density at radius 1 is 1.69 bits per heavy atom. The van der Waals surface area contributed by atoms with E-state index in [1.807, 2.05) is 12.1 Å². The maximum atomic E-state index is 11.2. The molecule has 0 unspecified atom stereocenters. The van der Waals surface area contributed by atoms with E-state index in [4.69, 9.17) is 4.42 Å². The minimum Gasteiger partial charge on any atom is -0.467 e. The molecule has 0 aromatic carbocycles. The molecule has 2 rings (SSSR count). The van der Waals surface area contributed by atoms with Gasteiger partial charge >= 0.3 is 5.97 Å². The van der Waals surface area contributed by atoms with Crippen molar-refractivity contribution in [1.29, 1.82) is 0 Å². The number of carbonyl (C=O) groups is 1. The van der Waals surface area contributed by atoms with Crippen molar-refractivity contribution >= 4 is 22.4 Å². The lowest BCUT2D eigenvalue weighted by Gasteiger charge is -1.97. The molecule has 16 heavy (non-hydrogen) atoms. The van der Waals surface area contributed by atoms with Crippen LogP contribution in [0.4, 0.5) is 5.13 Å². The summed E-state index contributed by atoms with van der Waals surface area (Å²) in [5.74, 6) is 0.443. The molecule has 0 saturated carbocycles. The first-order chi connectivity index (χ1) is 7.79. The molecule has 6 heteroatoms. The molecular weight excluding hydrogens is 228 g/mol. The van der Waals surface area contributed by atoms with Gasteiger partial charge in [0.15, 0.2) is 5.13 Å². The molecule has 0 aliphatic rings. The summed E-state index contributed by atoms with van der Waals surface area (Å²) in [5, 5.41) is 3.72. The average Bonchev–Trinajstić information content (AvgIpc) is 2.96. The van der Waals surface area contributed by atoms with Gasteiger partial charge < -0.3 is 14.5 Å². The van der Waals surface area contributed by atoms with E-state index < -0.39 is 0 Å². The van der Waals surface area contributed by atoms with Gasteiger partial charge in [-0.05, 0) is 12.1 Å². The fourth-order valence-electron chi connectivity index (χ4n) is 1.13. The second-order valence-corrected chi connectivity index (χ2v) is 3.98. The van der Waals surface area contributed by atoms with Crippen LogP contribution in [-0.2, 0) is 11.3 Å². The third-order valence-corrected chi connectivity index (χ3v) is 2.82.